The molecule has 1 aliphatic carbocycles. The highest BCUT2D eigenvalue weighted by atomic mass is 16.3. The van der Waals surface area contributed by atoms with Crippen LogP contribution in [0.3, 0.4) is 0 Å². The number of benzene rings is 2. The number of aryl methyl sites for hydroxylation is 1. The van der Waals surface area contributed by atoms with Crippen LogP contribution < -0.4 is 10.8 Å². The van der Waals surface area contributed by atoms with Crippen molar-refractivity contribution >= 4 is 30.6 Å². The van der Waals surface area contributed by atoms with Gasteiger partial charge in [0.25, 0.3) is 0 Å². The Morgan fingerprint density at radius 3 is 2.69 bits per heavy atom. The van der Waals surface area contributed by atoms with Gasteiger partial charge < -0.3 is 10.4 Å². The van der Waals surface area contributed by atoms with E-state index in [9.17, 15) is 9.90 Å². The third-order valence-corrected chi connectivity index (χ3v) is 6.86. The van der Waals surface area contributed by atoms with Crippen LogP contribution in [0.5, 0.6) is 5.75 Å². The van der Waals surface area contributed by atoms with E-state index in [0.29, 0.717) is 41.1 Å². The number of aromatic hydroxyl groups is 1. The molecule has 176 valence electrons. The highest BCUT2D eigenvalue weighted by molar-refractivity contribution is 6.36. The number of phenols is 1. The Balaban J connectivity index is 1.31. The largest absolute Gasteiger partial charge is 0.507 e. The zero-order valence-corrected chi connectivity index (χ0v) is 19.8. The number of carbonyl (C=O) groups is 1. The number of Topliss-reactive ketones (excluding diaryl/α,β-unsaturated/α-hetero) is 1. The number of hydrogen-bond donors (Lipinski definition) is 2. The van der Waals surface area contributed by atoms with Crippen molar-refractivity contribution < 1.29 is 9.90 Å². The number of nitrogens with zero attached hydrogens (tertiary/aromatic N) is 3. The van der Waals surface area contributed by atoms with Crippen LogP contribution in [0.1, 0.15) is 49.7 Å². The molecule has 0 atom stereocenters. The zero-order valence-electron chi connectivity index (χ0n) is 19.8. The number of phenolic OH excluding ortho intramolecular Hbond substituents is 1. The van der Waals surface area contributed by atoms with Gasteiger partial charge in [0.05, 0.1) is 5.69 Å². The summed E-state index contributed by atoms with van der Waals surface area (Å²) in [6.07, 6.45) is 8.72. The topological polar surface area (TPSA) is 79.5 Å². The van der Waals surface area contributed by atoms with Gasteiger partial charge in [0.15, 0.2) is 5.65 Å². The van der Waals surface area contributed by atoms with Crippen LogP contribution in [0.4, 0.5) is 5.82 Å². The van der Waals surface area contributed by atoms with E-state index < -0.39 is 0 Å². The van der Waals surface area contributed by atoms with Gasteiger partial charge in [-0.2, -0.15) is 9.61 Å². The Kier molecular flexibility index (Phi) is 6.84. The van der Waals surface area contributed by atoms with Crippen LogP contribution in [0.2, 0.25) is 0 Å². The summed E-state index contributed by atoms with van der Waals surface area (Å²) >= 11 is 0. The van der Waals surface area contributed by atoms with Crippen LogP contribution in [0, 0.1) is 5.92 Å². The number of anilines is 1. The molecule has 0 unspecified atom stereocenters. The maximum absolute atomic E-state index is 12.6. The third-order valence-electron chi connectivity index (χ3n) is 6.86. The van der Waals surface area contributed by atoms with E-state index in [-0.39, 0.29) is 11.7 Å². The quantitative estimate of drug-likeness (QED) is 0.373. The Bertz CT molecular complexity index is 1340. The van der Waals surface area contributed by atoms with E-state index in [1.165, 1.54) is 24.8 Å². The average Bonchev–Trinajstić information content (AvgIpc) is 3.27. The van der Waals surface area contributed by atoms with Crippen LogP contribution in [-0.2, 0) is 17.8 Å². The van der Waals surface area contributed by atoms with Crippen molar-refractivity contribution in [1.29, 1.82) is 0 Å². The molecule has 1 aliphatic rings. The maximum atomic E-state index is 12.6. The molecule has 1 saturated carbocycles. The van der Waals surface area contributed by atoms with Gasteiger partial charge >= 0.3 is 0 Å². The fourth-order valence-electron chi connectivity index (χ4n) is 4.92. The summed E-state index contributed by atoms with van der Waals surface area (Å²) < 4.78 is 1.67. The summed E-state index contributed by atoms with van der Waals surface area (Å²) in [6, 6.07) is 17.3. The van der Waals surface area contributed by atoms with Crippen molar-refractivity contribution in [3.8, 4) is 17.0 Å². The van der Waals surface area contributed by atoms with Crippen molar-refractivity contribution in [2.75, 3.05) is 5.32 Å². The Morgan fingerprint density at radius 1 is 1.06 bits per heavy atom. The Hall–Kier alpha value is -3.61. The number of aromatic nitrogens is 3. The first-order chi connectivity index (χ1) is 17.1. The lowest BCUT2D eigenvalue weighted by molar-refractivity contribution is -0.123. The monoisotopic (exact) mass is 464 g/mol. The maximum Gasteiger partial charge on any atom is 0.150 e. The molecule has 2 aromatic carbocycles. The third kappa shape index (κ3) is 5.24. The summed E-state index contributed by atoms with van der Waals surface area (Å²) in [7, 11) is 6.11. The molecule has 0 spiro atoms. The van der Waals surface area contributed by atoms with E-state index in [0.717, 1.165) is 30.6 Å². The molecule has 2 heterocycles. The number of carbonyl (C=O) groups excluding carboxylic acids is 1. The summed E-state index contributed by atoms with van der Waals surface area (Å²) in [5.74, 6) is 1.56. The molecule has 5 rings (SSSR count). The summed E-state index contributed by atoms with van der Waals surface area (Å²) in [4.78, 5) is 17.2. The second-order valence-electron chi connectivity index (χ2n) is 9.35. The van der Waals surface area contributed by atoms with Crippen molar-refractivity contribution in [1.82, 2.24) is 14.6 Å². The van der Waals surface area contributed by atoms with Crippen molar-refractivity contribution in [2.45, 2.75) is 51.5 Å². The second-order valence-corrected chi connectivity index (χ2v) is 9.35. The van der Waals surface area contributed by atoms with E-state index in [1.54, 1.807) is 22.8 Å². The van der Waals surface area contributed by atoms with E-state index in [2.05, 4.69) is 33.6 Å². The summed E-state index contributed by atoms with van der Waals surface area (Å²) in [6.45, 7) is 0.573. The predicted molar refractivity (Wildman–Crippen MR) is 139 cm³/mol. The summed E-state index contributed by atoms with van der Waals surface area (Å²) in [5.41, 5.74) is 4.52. The Labute approximate surface area is 206 Å². The normalized spacial score (nSPS) is 14.3. The fourth-order valence-corrected chi connectivity index (χ4v) is 4.92. The molecule has 0 aliphatic heterocycles. The number of hydrogen-bond acceptors (Lipinski definition) is 5. The minimum Gasteiger partial charge on any atom is -0.507 e. The van der Waals surface area contributed by atoms with Gasteiger partial charge in [-0.25, -0.2) is 4.98 Å². The molecule has 7 heteroatoms. The molecule has 35 heavy (non-hydrogen) atoms. The standard InChI is InChI=1S/C28H29BN4O2/c29-23-18-31-33-27(16-24(32-28(23)33)22-11-4-5-12-26(22)35)30-17-20-8-6-7-19(15-20)13-14-25(34)21-9-2-1-3-10-21/h4-8,11-12,15-16,18,21,30,35H,1-3,9-10,13-14,17H2. The number of nitrogens with one attached hydrogen (secondary N) is 1. The van der Waals surface area contributed by atoms with Crippen molar-refractivity contribution in [3.05, 3.63) is 71.9 Å². The minimum absolute atomic E-state index is 0.156. The SMILES string of the molecule is [B]c1cnn2c(NCc3cccc(CCC(=O)C4CCCCC4)c3)cc(-c3ccccc3O)nc12. The Morgan fingerprint density at radius 2 is 1.86 bits per heavy atom. The number of fused-ring (bicyclic) bond motifs is 1. The van der Waals surface area contributed by atoms with Crippen LogP contribution in [0.15, 0.2) is 60.8 Å². The molecular weight excluding hydrogens is 435 g/mol. The van der Waals surface area contributed by atoms with Gasteiger partial charge in [-0.1, -0.05) is 55.7 Å². The molecule has 1 fully saturated rings. The van der Waals surface area contributed by atoms with Crippen LogP contribution in [0.25, 0.3) is 16.9 Å². The second kappa shape index (κ2) is 10.3. The smallest absolute Gasteiger partial charge is 0.150 e. The molecule has 2 radical (unpaired) electrons. The number of rotatable bonds is 8. The van der Waals surface area contributed by atoms with Gasteiger partial charge in [-0.05, 0) is 48.0 Å². The molecule has 2 aromatic heterocycles. The molecule has 6 nitrogen and oxygen atoms in total. The van der Waals surface area contributed by atoms with Gasteiger partial charge in [-0.3, -0.25) is 4.79 Å². The van der Waals surface area contributed by atoms with Gasteiger partial charge in [-0.15, -0.1) is 0 Å². The molecule has 0 bridgehead atoms. The first-order valence-electron chi connectivity index (χ1n) is 12.4. The van der Waals surface area contributed by atoms with Crippen molar-refractivity contribution in [2.24, 2.45) is 5.92 Å². The van der Waals surface area contributed by atoms with Gasteiger partial charge in [0, 0.05) is 36.7 Å². The highest BCUT2D eigenvalue weighted by Crippen LogP contribution is 2.29. The lowest BCUT2D eigenvalue weighted by atomic mass is 9.84. The average molecular weight is 464 g/mol. The first-order valence-corrected chi connectivity index (χ1v) is 12.4. The number of ketones is 1. The van der Waals surface area contributed by atoms with Gasteiger partial charge in [0.1, 0.15) is 25.2 Å². The lowest BCUT2D eigenvalue weighted by Crippen LogP contribution is -2.18. The highest BCUT2D eigenvalue weighted by Gasteiger charge is 2.20. The van der Waals surface area contributed by atoms with E-state index in [4.69, 9.17) is 7.85 Å². The first kappa shape index (κ1) is 23.2. The molecule has 0 saturated heterocycles. The van der Waals surface area contributed by atoms with Crippen molar-refractivity contribution in [3.63, 3.8) is 0 Å². The fraction of sp³-hybridized carbons (Fsp3) is 0.321. The van der Waals surface area contributed by atoms with Crippen LogP contribution in [-0.4, -0.2) is 33.3 Å². The van der Waals surface area contributed by atoms with Crippen LogP contribution >= 0.6 is 0 Å². The molecule has 4 aromatic rings. The molecule has 2 N–H and O–H groups in total. The lowest BCUT2D eigenvalue weighted by Gasteiger charge is -2.20. The zero-order chi connectivity index (χ0) is 24.2. The minimum atomic E-state index is 0.156. The molecular formula is C28H29BN4O2. The van der Waals surface area contributed by atoms with E-state index in [1.807, 2.05) is 24.3 Å². The molecule has 0 amide bonds. The van der Waals surface area contributed by atoms with E-state index >= 15 is 0 Å². The predicted octanol–water partition coefficient (Wildman–Crippen LogP) is 4.59. The number of para-hydroxylation sites is 1. The van der Waals surface area contributed by atoms with Gasteiger partial charge in [0.2, 0.25) is 0 Å². The summed E-state index contributed by atoms with van der Waals surface area (Å²) in [5, 5.41) is 18.1.